The fourth-order valence-corrected chi connectivity index (χ4v) is 3.40. The van der Waals surface area contributed by atoms with Crippen LogP contribution in [-0.4, -0.2) is 46.3 Å². The molecule has 148 valence electrons. The van der Waals surface area contributed by atoms with E-state index in [9.17, 15) is 0 Å². The Kier molecular flexibility index (Phi) is 6.79. The van der Waals surface area contributed by atoms with Gasteiger partial charge in [-0.25, -0.2) is 4.99 Å². The molecule has 2 aromatic carbocycles. The van der Waals surface area contributed by atoms with Gasteiger partial charge in [-0.05, 0) is 36.4 Å². The summed E-state index contributed by atoms with van der Waals surface area (Å²) in [5.74, 6) is 0.683. The Labute approximate surface area is 186 Å². The number of para-hydroxylation sites is 2. The van der Waals surface area contributed by atoms with E-state index in [2.05, 4.69) is 26.2 Å². The van der Waals surface area contributed by atoms with Crippen molar-refractivity contribution in [2.45, 2.75) is 0 Å². The average Bonchev–Trinajstić information content (AvgIpc) is 2.95. The Hall–Kier alpha value is -1.84. The highest BCUT2D eigenvalue weighted by molar-refractivity contribution is 14.0. The lowest BCUT2D eigenvalue weighted by Gasteiger charge is -2.27. The zero-order chi connectivity index (χ0) is 18.8. The summed E-state index contributed by atoms with van der Waals surface area (Å²) in [6.45, 7) is 2.89. The molecule has 0 N–H and O–H groups in total. The molecule has 1 aliphatic rings. The van der Waals surface area contributed by atoms with Gasteiger partial charge < -0.3 is 18.8 Å². The van der Waals surface area contributed by atoms with Gasteiger partial charge in [-0.1, -0.05) is 23.7 Å². The van der Waals surface area contributed by atoms with E-state index < -0.39 is 0 Å². The van der Waals surface area contributed by atoms with Crippen molar-refractivity contribution in [3.8, 4) is 0 Å². The number of imidazole rings is 1. The first kappa shape index (κ1) is 20.9. The summed E-state index contributed by atoms with van der Waals surface area (Å²) in [5, 5.41) is 0.693. The van der Waals surface area contributed by atoms with Crippen molar-refractivity contribution >= 4 is 58.3 Å². The molecule has 0 radical (unpaired) electrons. The largest absolute Gasteiger partial charge is 0.378 e. The predicted octanol–water partition coefficient (Wildman–Crippen LogP) is 3.71. The molecule has 0 bridgehead atoms. The molecule has 6 nitrogen and oxygen atoms in total. The summed E-state index contributed by atoms with van der Waals surface area (Å²) in [7, 11) is 4.06. The van der Waals surface area contributed by atoms with Crippen LogP contribution in [0.3, 0.4) is 0 Å². The summed E-state index contributed by atoms with van der Waals surface area (Å²) in [6, 6.07) is 15.8. The van der Waals surface area contributed by atoms with Crippen molar-refractivity contribution < 1.29 is 4.74 Å². The molecule has 1 aliphatic heterocycles. The maximum absolute atomic E-state index is 6.01. The molecule has 3 aromatic rings. The minimum absolute atomic E-state index is 0. The topological polar surface area (TPSA) is 47.1 Å². The summed E-state index contributed by atoms with van der Waals surface area (Å²) in [5.41, 5.74) is 3.93. The molecule has 1 aromatic heterocycles. The number of aliphatic imine (C=N–C) groups is 1. The number of hydrogen-bond donors (Lipinski definition) is 0. The Bertz CT molecular complexity index is 1010. The summed E-state index contributed by atoms with van der Waals surface area (Å²) in [4.78, 5) is 11.9. The third-order valence-electron chi connectivity index (χ3n) is 4.75. The number of aromatic nitrogens is 2. The first-order valence-corrected chi connectivity index (χ1v) is 9.33. The van der Waals surface area contributed by atoms with Gasteiger partial charge in [-0.3, -0.25) is 0 Å². The lowest BCUT2D eigenvalue weighted by atomic mass is 10.3. The Balaban J connectivity index is 0.00000225. The number of fused-ring (bicyclic) bond motifs is 1. The fraction of sp³-hybridized carbons (Fsp3) is 0.300. The third-order valence-corrected chi connectivity index (χ3v) is 5.01. The SMILES string of the molecule is Cn1c(=NC(=Nc2ccc(Cl)cc2)N2CCOCC2)n(C)c2ccccc21.I. The van der Waals surface area contributed by atoms with Gasteiger partial charge in [0.15, 0.2) is 0 Å². The second kappa shape index (κ2) is 9.11. The highest BCUT2D eigenvalue weighted by atomic mass is 127. The maximum Gasteiger partial charge on any atom is 0.229 e. The molecule has 0 spiro atoms. The van der Waals surface area contributed by atoms with Gasteiger partial charge in [0.2, 0.25) is 11.6 Å². The minimum atomic E-state index is 0. The molecule has 0 unspecified atom stereocenters. The van der Waals surface area contributed by atoms with Crippen LogP contribution < -0.4 is 5.62 Å². The van der Waals surface area contributed by atoms with Crippen LogP contribution in [-0.2, 0) is 18.8 Å². The van der Waals surface area contributed by atoms with Crippen LogP contribution in [0.2, 0.25) is 5.02 Å². The normalized spacial score (nSPS) is 14.8. The molecule has 0 aliphatic carbocycles. The lowest BCUT2D eigenvalue weighted by Crippen LogP contribution is -2.41. The zero-order valence-corrected chi connectivity index (χ0v) is 19.0. The first-order valence-electron chi connectivity index (χ1n) is 8.95. The first-order chi connectivity index (χ1) is 13.1. The van der Waals surface area contributed by atoms with Gasteiger partial charge >= 0.3 is 0 Å². The molecule has 2 heterocycles. The number of hydrogen-bond acceptors (Lipinski definition) is 2. The zero-order valence-electron chi connectivity index (χ0n) is 15.9. The molecule has 1 saturated heterocycles. The van der Waals surface area contributed by atoms with Crippen molar-refractivity contribution in [3.63, 3.8) is 0 Å². The molecule has 0 saturated carbocycles. The molecule has 8 heteroatoms. The Morgan fingerprint density at radius 2 is 1.50 bits per heavy atom. The van der Waals surface area contributed by atoms with Crippen LogP contribution in [0.5, 0.6) is 0 Å². The van der Waals surface area contributed by atoms with Crippen LogP contribution in [0.25, 0.3) is 11.0 Å². The highest BCUT2D eigenvalue weighted by Crippen LogP contribution is 2.18. The van der Waals surface area contributed by atoms with E-state index in [1.807, 2.05) is 50.5 Å². The molecular weight excluding hydrogens is 489 g/mol. The van der Waals surface area contributed by atoms with Gasteiger partial charge in [0.25, 0.3) is 0 Å². The molecule has 4 rings (SSSR count). The predicted molar refractivity (Wildman–Crippen MR) is 124 cm³/mol. The van der Waals surface area contributed by atoms with E-state index >= 15 is 0 Å². The molecule has 1 fully saturated rings. The van der Waals surface area contributed by atoms with Crippen molar-refractivity contribution in [3.05, 3.63) is 59.2 Å². The van der Waals surface area contributed by atoms with E-state index in [0.29, 0.717) is 24.2 Å². The number of rotatable bonds is 1. The second-order valence-electron chi connectivity index (χ2n) is 6.51. The van der Waals surface area contributed by atoms with Crippen molar-refractivity contribution in [2.24, 2.45) is 24.1 Å². The van der Waals surface area contributed by atoms with E-state index in [1.165, 1.54) is 0 Å². The number of benzene rings is 2. The van der Waals surface area contributed by atoms with Gasteiger partial charge in [0, 0.05) is 32.2 Å². The monoisotopic (exact) mass is 511 g/mol. The van der Waals surface area contributed by atoms with Gasteiger partial charge in [-0.2, -0.15) is 4.99 Å². The molecule has 28 heavy (non-hydrogen) atoms. The lowest BCUT2D eigenvalue weighted by molar-refractivity contribution is 0.0675. The molecular formula is C20H23ClIN5O. The van der Waals surface area contributed by atoms with Crippen LogP contribution in [0.4, 0.5) is 5.69 Å². The second-order valence-corrected chi connectivity index (χ2v) is 6.94. The van der Waals surface area contributed by atoms with Gasteiger partial charge in [0.1, 0.15) is 0 Å². The number of guanidine groups is 1. The fourth-order valence-electron chi connectivity index (χ4n) is 3.27. The minimum Gasteiger partial charge on any atom is -0.378 e. The van der Waals surface area contributed by atoms with Crippen LogP contribution >= 0.6 is 35.6 Å². The van der Waals surface area contributed by atoms with Crippen LogP contribution in [0.1, 0.15) is 0 Å². The summed E-state index contributed by atoms with van der Waals surface area (Å²) in [6.07, 6.45) is 0. The number of ether oxygens (including phenoxy) is 1. The molecule has 0 amide bonds. The summed E-state index contributed by atoms with van der Waals surface area (Å²) >= 11 is 6.01. The van der Waals surface area contributed by atoms with E-state index in [4.69, 9.17) is 26.3 Å². The van der Waals surface area contributed by atoms with Crippen molar-refractivity contribution in [2.75, 3.05) is 26.3 Å². The molecule has 0 atom stereocenters. The van der Waals surface area contributed by atoms with E-state index in [-0.39, 0.29) is 24.0 Å². The number of halogens is 2. The summed E-state index contributed by atoms with van der Waals surface area (Å²) < 4.78 is 9.68. The van der Waals surface area contributed by atoms with E-state index in [0.717, 1.165) is 35.4 Å². The third kappa shape index (κ3) is 4.26. The van der Waals surface area contributed by atoms with Crippen LogP contribution in [0, 0.1) is 0 Å². The van der Waals surface area contributed by atoms with Gasteiger partial charge in [0.05, 0.1) is 29.9 Å². The van der Waals surface area contributed by atoms with Gasteiger partial charge in [-0.15, -0.1) is 24.0 Å². The number of nitrogens with zero attached hydrogens (tertiary/aromatic N) is 5. The Morgan fingerprint density at radius 3 is 2.07 bits per heavy atom. The van der Waals surface area contributed by atoms with Crippen molar-refractivity contribution in [1.82, 2.24) is 14.0 Å². The van der Waals surface area contributed by atoms with Crippen LogP contribution in [0.15, 0.2) is 58.5 Å². The van der Waals surface area contributed by atoms with Crippen molar-refractivity contribution in [1.29, 1.82) is 0 Å². The quantitative estimate of drug-likeness (QED) is 0.284. The maximum atomic E-state index is 6.01. The number of aryl methyl sites for hydroxylation is 2. The average molecular weight is 512 g/mol. The standard InChI is InChI=1S/C20H22ClN5O.HI/c1-24-17-5-3-4-6-18(17)25(2)20(24)23-19(26-11-13-27-14-12-26)22-16-9-7-15(21)8-10-16;/h3-10H,11-14H2,1-2H3;1H. The Morgan fingerprint density at radius 1 is 0.929 bits per heavy atom. The van der Waals surface area contributed by atoms with E-state index in [1.54, 1.807) is 0 Å². The smallest absolute Gasteiger partial charge is 0.229 e. The highest BCUT2D eigenvalue weighted by Gasteiger charge is 2.16. The number of morpholine rings is 1.